The van der Waals surface area contributed by atoms with Crippen LogP contribution in [0.25, 0.3) is 0 Å². The Morgan fingerprint density at radius 1 is 0.935 bits per heavy atom. The lowest BCUT2D eigenvalue weighted by molar-refractivity contribution is -0.118. The van der Waals surface area contributed by atoms with Crippen molar-refractivity contribution in [3.05, 3.63) is 90.2 Å². The lowest BCUT2D eigenvalue weighted by atomic mass is 10.2. The molecule has 0 aromatic heterocycles. The number of nitrogens with zero attached hydrogens (tertiary/aromatic N) is 2. The number of sulfonamides is 1. The maximum Gasteiger partial charge on any atom is 0.243 e. The van der Waals surface area contributed by atoms with E-state index in [1.165, 1.54) is 55.5 Å². The fourth-order valence-corrected chi connectivity index (χ4v) is 4.35. The van der Waals surface area contributed by atoms with Gasteiger partial charge in [-0.15, -0.1) is 0 Å². The van der Waals surface area contributed by atoms with E-state index < -0.39 is 21.7 Å². The monoisotopic (exact) mass is 442 g/mol. The highest BCUT2D eigenvalue weighted by Gasteiger charge is 2.28. The van der Waals surface area contributed by atoms with Crippen LogP contribution in [0, 0.1) is 5.82 Å². The van der Waals surface area contributed by atoms with Gasteiger partial charge in [-0.25, -0.2) is 12.8 Å². The third-order valence-corrected chi connectivity index (χ3v) is 6.60. The highest BCUT2D eigenvalue weighted by molar-refractivity contribution is 7.89. The van der Waals surface area contributed by atoms with Crippen molar-refractivity contribution >= 4 is 21.6 Å². The summed E-state index contributed by atoms with van der Waals surface area (Å²) in [6, 6.07) is 20.5. The molecule has 0 fully saturated rings. The van der Waals surface area contributed by atoms with Crippen molar-refractivity contribution in [3.8, 4) is 5.75 Å². The summed E-state index contributed by atoms with van der Waals surface area (Å²) in [5, 5.41) is 0. The molecule has 0 saturated heterocycles. The Hall–Kier alpha value is -3.23. The van der Waals surface area contributed by atoms with Gasteiger partial charge in [-0.05, 0) is 54.1 Å². The molecule has 162 valence electrons. The average molecular weight is 443 g/mol. The van der Waals surface area contributed by atoms with Crippen molar-refractivity contribution in [1.29, 1.82) is 0 Å². The van der Waals surface area contributed by atoms with Crippen molar-refractivity contribution in [3.63, 3.8) is 0 Å². The molecule has 0 aliphatic rings. The van der Waals surface area contributed by atoms with E-state index in [0.717, 1.165) is 9.87 Å². The zero-order valence-corrected chi connectivity index (χ0v) is 18.0. The van der Waals surface area contributed by atoms with E-state index >= 15 is 0 Å². The second-order valence-corrected chi connectivity index (χ2v) is 8.80. The number of ether oxygens (including phenoxy) is 1. The number of amides is 1. The third kappa shape index (κ3) is 5.48. The molecule has 0 unspecified atom stereocenters. The summed E-state index contributed by atoms with van der Waals surface area (Å²) in [6.45, 7) is -0.352. The van der Waals surface area contributed by atoms with Crippen molar-refractivity contribution < 1.29 is 22.3 Å². The van der Waals surface area contributed by atoms with Gasteiger partial charge in [0, 0.05) is 19.3 Å². The van der Waals surface area contributed by atoms with Gasteiger partial charge in [0.15, 0.2) is 0 Å². The molecule has 0 aliphatic carbocycles. The van der Waals surface area contributed by atoms with Crippen molar-refractivity contribution in [2.75, 3.05) is 25.6 Å². The normalized spacial score (nSPS) is 11.4. The van der Waals surface area contributed by atoms with Gasteiger partial charge in [-0.1, -0.05) is 30.3 Å². The molecular weight excluding hydrogens is 419 g/mol. The molecule has 0 N–H and O–H groups in total. The second kappa shape index (κ2) is 9.72. The summed E-state index contributed by atoms with van der Waals surface area (Å²) < 4.78 is 46.1. The van der Waals surface area contributed by atoms with E-state index in [4.69, 9.17) is 4.74 Å². The van der Waals surface area contributed by atoms with Crippen LogP contribution in [0.15, 0.2) is 83.8 Å². The summed E-state index contributed by atoms with van der Waals surface area (Å²) in [7, 11) is -0.952. The molecule has 3 aromatic carbocycles. The lowest BCUT2D eigenvalue weighted by Gasteiger charge is -2.25. The van der Waals surface area contributed by atoms with Gasteiger partial charge in [0.1, 0.15) is 11.6 Å². The number of rotatable bonds is 8. The SMILES string of the molecule is COc1ccc(S(=O)(=O)N(CC(=O)N(C)c2ccc(F)cc2)Cc2ccccc2)cc1. The highest BCUT2D eigenvalue weighted by Crippen LogP contribution is 2.22. The number of hydrogen-bond acceptors (Lipinski definition) is 4. The standard InChI is InChI=1S/C23H23FN2O4S/c1-25(20-10-8-19(24)9-11-20)23(27)17-26(16-18-6-4-3-5-7-18)31(28,29)22-14-12-21(30-2)13-15-22/h3-15H,16-17H2,1-2H3. The Morgan fingerprint density at radius 3 is 2.13 bits per heavy atom. The second-order valence-electron chi connectivity index (χ2n) is 6.86. The van der Waals surface area contributed by atoms with Crippen molar-refractivity contribution in [1.82, 2.24) is 4.31 Å². The number of methoxy groups -OCH3 is 1. The van der Waals surface area contributed by atoms with Crippen molar-refractivity contribution in [2.45, 2.75) is 11.4 Å². The Morgan fingerprint density at radius 2 is 1.55 bits per heavy atom. The van der Waals surface area contributed by atoms with Crippen LogP contribution in [0.3, 0.4) is 0 Å². The molecule has 0 aliphatic heterocycles. The number of carbonyl (C=O) groups excluding carboxylic acids is 1. The van der Waals surface area contributed by atoms with Crippen LogP contribution in [0.4, 0.5) is 10.1 Å². The Bertz CT molecular complexity index is 1120. The Kier molecular flexibility index (Phi) is 7.04. The molecule has 0 atom stereocenters. The van der Waals surface area contributed by atoms with Gasteiger partial charge < -0.3 is 9.64 Å². The fraction of sp³-hybridized carbons (Fsp3) is 0.174. The third-order valence-electron chi connectivity index (χ3n) is 4.80. The molecule has 6 nitrogen and oxygen atoms in total. The van der Waals surface area contributed by atoms with E-state index in [1.807, 2.05) is 6.07 Å². The van der Waals surface area contributed by atoms with E-state index in [2.05, 4.69) is 0 Å². The molecule has 0 radical (unpaired) electrons. The van der Waals surface area contributed by atoms with Gasteiger partial charge in [0.2, 0.25) is 15.9 Å². The summed E-state index contributed by atoms with van der Waals surface area (Å²) >= 11 is 0. The maximum absolute atomic E-state index is 13.3. The predicted molar refractivity (Wildman–Crippen MR) is 117 cm³/mol. The van der Waals surface area contributed by atoms with Crippen LogP contribution in [0.2, 0.25) is 0 Å². The van der Waals surface area contributed by atoms with Crippen LogP contribution in [-0.2, 0) is 21.4 Å². The molecule has 1 amide bonds. The molecule has 0 heterocycles. The van der Waals surface area contributed by atoms with E-state index in [-0.39, 0.29) is 18.0 Å². The first-order chi connectivity index (χ1) is 14.8. The van der Waals surface area contributed by atoms with Crippen LogP contribution in [0.1, 0.15) is 5.56 Å². The molecule has 0 bridgehead atoms. The minimum absolute atomic E-state index is 0.0260. The minimum atomic E-state index is -3.97. The zero-order valence-electron chi connectivity index (χ0n) is 17.2. The largest absolute Gasteiger partial charge is 0.497 e. The van der Waals surface area contributed by atoms with Gasteiger partial charge in [-0.3, -0.25) is 4.79 Å². The van der Waals surface area contributed by atoms with Gasteiger partial charge in [0.05, 0.1) is 18.6 Å². The molecule has 0 saturated carbocycles. The molecule has 0 spiro atoms. The number of likely N-dealkylation sites (N-methyl/N-ethyl adjacent to an activating group) is 1. The van der Waals surface area contributed by atoms with Gasteiger partial charge in [0.25, 0.3) is 0 Å². The molecular formula is C23H23FN2O4S. The minimum Gasteiger partial charge on any atom is -0.497 e. The lowest BCUT2D eigenvalue weighted by Crippen LogP contribution is -2.41. The number of halogens is 1. The van der Waals surface area contributed by atoms with Crippen LogP contribution in [-0.4, -0.2) is 39.3 Å². The zero-order chi connectivity index (χ0) is 22.4. The van der Waals surface area contributed by atoms with E-state index in [0.29, 0.717) is 11.4 Å². The quantitative estimate of drug-likeness (QED) is 0.534. The smallest absolute Gasteiger partial charge is 0.243 e. The first-order valence-corrected chi connectivity index (χ1v) is 11.0. The number of anilines is 1. The molecule has 8 heteroatoms. The summed E-state index contributed by atoms with van der Waals surface area (Å²) in [5.74, 6) is -0.335. The molecule has 31 heavy (non-hydrogen) atoms. The summed E-state index contributed by atoms with van der Waals surface area (Å²) in [6.07, 6.45) is 0. The van der Waals surface area contributed by atoms with E-state index in [9.17, 15) is 17.6 Å². The molecule has 3 aromatic rings. The van der Waals surface area contributed by atoms with Gasteiger partial charge in [-0.2, -0.15) is 4.31 Å². The number of carbonyl (C=O) groups is 1. The number of benzene rings is 3. The summed E-state index contributed by atoms with van der Waals surface area (Å²) in [5.41, 5.74) is 1.21. The van der Waals surface area contributed by atoms with Crippen molar-refractivity contribution in [2.24, 2.45) is 0 Å². The Balaban J connectivity index is 1.89. The van der Waals surface area contributed by atoms with E-state index in [1.54, 1.807) is 36.4 Å². The molecule has 3 rings (SSSR count). The first-order valence-electron chi connectivity index (χ1n) is 9.51. The maximum atomic E-state index is 13.3. The predicted octanol–water partition coefficient (Wildman–Crippen LogP) is 3.69. The topological polar surface area (TPSA) is 66.9 Å². The van der Waals surface area contributed by atoms with Gasteiger partial charge >= 0.3 is 0 Å². The first kappa shape index (κ1) is 22.5. The number of hydrogen-bond donors (Lipinski definition) is 0. The fourth-order valence-electron chi connectivity index (χ4n) is 2.98. The Labute approximate surface area is 181 Å². The highest BCUT2D eigenvalue weighted by atomic mass is 32.2. The van der Waals surface area contributed by atoms with Crippen LogP contribution >= 0.6 is 0 Å². The van der Waals surface area contributed by atoms with Crippen LogP contribution < -0.4 is 9.64 Å². The summed E-state index contributed by atoms with van der Waals surface area (Å²) in [4.78, 5) is 14.3. The average Bonchev–Trinajstić information content (AvgIpc) is 2.79. The van der Waals surface area contributed by atoms with Crippen LogP contribution in [0.5, 0.6) is 5.75 Å².